The molecule has 1 unspecified atom stereocenters. The Bertz CT molecular complexity index is 1340. The molecule has 1 amide bonds. The van der Waals surface area contributed by atoms with E-state index in [9.17, 15) is 9.90 Å². The summed E-state index contributed by atoms with van der Waals surface area (Å²) in [4.78, 5) is 14.5. The predicted molar refractivity (Wildman–Crippen MR) is 135 cm³/mol. The van der Waals surface area contributed by atoms with Crippen LogP contribution in [0.5, 0.6) is 5.75 Å². The molecule has 0 aromatic heterocycles. The fourth-order valence-corrected chi connectivity index (χ4v) is 5.63. The number of hydrogen-bond donors (Lipinski definition) is 3. The monoisotopic (exact) mass is 513 g/mol. The first-order valence-corrected chi connectivity index (χ1v) is 12.1. The van der Waals surface area contributed by atoms with E-state index in [1.807, 2.05) is 30.3 Å². The molecule has 1 fully saturated rings. The molecule has 2 heterocycles. The quantitative estimate of drug-likeness (QED) is 0.464. The van der Waals surface area contributed by atoms with Gasteiger partial charge in [0.05, 0.1) is 22.2 Å². The second-order valence-electron chi connectivity index (χ2n) is 9.27. The Morgan fingerprint density at radius 2 is 2.00 bits per heavy atom. The summed E-state index contributed by atoms with van der Waals surface area (Å²) in [6.45, 7) is 3.22. The number of benzene rings is 3. The van der Waals surface area contributed by atoms with E-state index in [1.54, 1.807) is 0 Å². The molecule has 2 aliphatic rings. The summed E-state index contributed by atoms with van der Waals surface area (Å²) in [5.74, 6) is -2.69. The number of aliphatic hydroxyl groups excluding tert-OH is 1. The van der Waals surface area contributed by atoms with Gasteiger partial charge in [-0.1, -0.05) is 41.9 Å². The zero-order valence-electron chi connectivity index (χ0n) is 19.7. The van der Waals surface area contributed by atoms with Gasteiger partial charge in [0.1, 0.15) is 12.4 Å². The number of nitrogens with one attached hydrogen (secondary N) is 1. The van der Waals surface area contributed by atoms with Gasteiger partial charge >= 0.3 is 0 Å². The van der Waals surface area contributed by atoms with Gasteiger partial charge in [-0.3, -0.25) is 4.79 Å². The van der Waals surface area contributed by atoms with Crippen LogP contribution in [0.4, 0.5) is 14.5 Å². The number of rotatable bonds is 6. The van der Waals surface area contributed by atoms with Crippen molar-refractivity contribution in [2.75, 3.05) is 31.1 Å². The molecule has 9 heteroatoms. The van der Waals surface area contributed by atoms with Crippen LogP contribution in [0.25, 0.3) is 11.1 Å². The third-order valence-corrected chi connectivity index (χ3v) is 7.29. The number of primary amides is 1. The fraction of sp³-hybridized carbons (Fsp3) is 0.296. The van der Waals surface area contributed by atoms with Gasteiger partial charge in [0.15, 0.2) is 11.6 Å². The van der Waals surface area contributed by atoms with Crippen LogP contribution in [-0.2, 0) is 12.0 Å². The zero-order valence-corrected chi connectivity index (χ0v) is 20.4. The highest BCUT2D eigenvalue weighted by atomic mass is 35.5. The lowest BCUT2D eigenvalue weighted by Gasteiger charge is -2.45. The number of anilines is 1. The summed E-state index contributed by atoms with van der Waals surface area (Å²) in [7, 11) is 0. The number of ether oxygens (including phenoxy) is 1. The molecule has 3 aromatic carbocycles. The molecule has 0 aliphatic carbocycles. The molecule has 4 N–H and O–H groups in total. The SMILES string of the molecule is C[C@H](O)COc1ccc(C(N)=O)c(-c2c(Cl)c(F)cc3c2CC2(c4ccccc4)CNCCN32)c1F. The molecule has 6 nitrogen and oxygen atoms in total. The highest BCUT2D eigenvalue weighted by molar-refractivity contribution is 6.34. The Balaban J connectivity index is 1.76. The second kappa shape index (κ2) is 9.35. The van der Waals surface area contributed by atoms with Gasteiger partial charge < -0.3 is 25.8 Å². The van der Waals surface area contributed by atoms with E-state index in [0.29, 0.717) is 37.3 Å². The number of halogens is 3. The van der Waals surface area contributed by atoms with E-state index < -0.39 is 29.2 Å². The van der Waals surface area contributed by atoms with Gasteiger partial charge in [-0.05, 0) is 36.2 Å². The zero-order chi connectivity index (χ0) is 25.6. The van der Waals surface area contributed by atoms with Gasteiger partial charge in [0.2, 0.25) is 5.91 Å². The van der Waals surface area contributed by atoms with Crippen molar-refractivity contribution < 1.29 is 23.4 Å². The lowest BCUT2D eigenvalue weighted by Crippen LogP contribution is -2.57. The van der Waals surface area contributed by atoms with Crippen LogP contribution in [-0.4, -0.2) is 43.4 Å². The van der Waals surface area contributed by atoms with Crippen LogP contribution < -0.4 is 20.7 Å². The van der Waals surface area contributed by atoms with E-state index in [2.05, 4.69) is 10.2 Å². The summed E-state index contributed by atoms with van der Waals surface area (Å²) in [5.41, 5.74) is 7.07. The minimum absolute atomic E-state index is 0.0881. The van der Waals surface area contributed by atoms with E-state index in [1.165, 1.54) is 25.1 Å². The highest BCUT2D eigenvalue weighted by Crippen LogP contribution is 2.52. The highest BCUT2D eigenvalue weighted by Gasteiger charge is 2.48. The van der Waals surface area contributed by atoms with Gasteiger partial charge in [-0.2, -0.15) is 0 Å². The van der Waals surface area contributed by atoms with Crippen molar-refractivity contribution in [2.45, 2.75) is 25.0 Å². The largest absolute Gasteiger partial charge is 0.488 e. The maximum atomic E-state index is 16.0. The number of amides is 1. The minimum Gasteiger partial charge on any atom is -0.488 e. The van der Waals surface area contributed by atoms with Crippen molar-refractivity contribution in [3.05, 3.63) is 81.9 Å². The Morgan fingerprint density at radius 3 is 2.69 bits per heavy atom. The summed E-state index contributed by atoms with van der Waals surface area (Å²) >= 11 is 6.52. The summed E-state index contributed by atoms with van der Waals surface area (Å²) < 4.78 is 36.8. The molecule has 188 valence electrons. The molecule has 0 bridgehead atoms. The lowest BCUT2D eigenvalue weighted by atomic mass is 9.83. The van der Waals surface area contributed by atoms with E-state index >= 15 is 8.78 Å². The van der Waals surface area contributed by atoms with Gasteiger partial charge in [-0.15, -0.1) is 0 Å². The van der Waals surface area contributed by atoms with Crippen LogP contribution in [0.2, 0.25) is 5.02 Å². The molecule has 3 aromatic rings. The van der Waals surface area contributed by atoms with Crippen molar-refractivity contribution in [1.29, 1.82) is 0 Å². The van der Waals surface area contributed by atoms with E-state index in [-0.39, 0.29) is 34.1 Å². The Kier molecular flexibility index (Phi) is 6.36. The van der Waals surface area contributed by atoms with Gasteiger partial charge in [0, 0.05) is 42.9 Å². The number of hydrogen-bond acceptors (Lipinski definition) is 5. The molecule has 0 spiro atoms. The number of nitrogens with two attached hydrogens (primary N) is 1. The van der Waals surface area contributed by atoms with Crippen LogP contribution in [0.1, 0.15) is 28.4 Å². The molecule has 1 saturated heterocycles. The molecular weight excluding hydrogens is 488 g/mol. The number of carbonyl (C=O) groups excluding carboxylic acids is 1. The predicted octanol–water partition coefficient (Wildman–Crippen LogP) is 4.00. The van der Waals surface area contributed by atoms with E-state index in [0.717, 1.165) is 5.56 Å². The Labute approximate surface area is 212 Å². The molecule has 2 aliphatic heterocycles. The number of carbonyl (C=O) groups is 1. The molecule has 5 rings (SSSR count). The number of piperazine rings is 1. The van der Waals surface area contributed by atoms with Crippen molar-refractivity contribution in [3.63, 3.8) is 0 Å². The standard InChI is InChI=1S/C27H26ClF2N3O3/c1-15(34)13-36-21-8-7-17(26(31)35)23(25(21)30)22-18-12-27(16-5-3-2-4-6-16)14-32-9-10-33(27)20(18)11-19(29)24(22)28/h2-8,11,15,32,34H,9-10,12-14H2,1H3,(H2,31,35)/t15-,27?/m0/s1. The topological polar surface area (TPSA) is 87.8 Å². The van der Waals surface area contributed by atoms with Crippen LogP contribution >= 0.6 is 11.6 Å². The minimum atomic E-state index is -0.890. The first kappa shape index (κ1) is 24.5. The smallest absolute Gasteiger partial charge is 0.249 e. The Morgan fingerprint density at radius 1 is 1.25 bits per heavy atom. The van der Waals surface area contributed by atoms with Gasteiger partial charge in [0.25, 0.3) is 0 Å². The first-order chi connectivity index (χ1) is 17.2. The fourth-order valence-electron chi connectivity index (χ4n) is 5.36. The average molecular weight is 514 g/mol. The van der Waals surface area contributed by atoms with Crippen molar-refractivity contribution in [3.8, 4) is 16.9 Å². The third-order valence-electron chi connectivity index (χ3n) is 6.92. The van der Waals surface area contributed by atoms with Crippen molar-refractivity contribution in [2.24, 2.45) is 5.73 Å². The van der Waals surface area contributed by atoms with E-state index in [4.69, 9.17) is 22.1 Å². The number of aliphatic hydroxyl groups is 1. The summed E-state index contributed by atoms with van der Waals surface area (Å²) in [6, 6.07) is 13.8. The van der Waals surface area contributed by atoms with Crippen LogP contribution in [0.15, 0.2) is 48.5 Å². The van der Waals surface area contributed by atoms with Gasteiger partial charge in [-0.25, -0.2) is 8.78 Å². The molecule has 0 saturated carbocycles. The third kappa shape index (κ3) is 3.89. The normalized spacial score (nSPS) is 19.5. The van der Waals surface area contributed by atoms with Crippen molar-refractivity contribution >= 4 is 23.2 Å². The average Bonchev–Trinajstić information content (AvgIpc) is 3.19. The molecular formula is C27H26ClF2N3O3. The van der Waals surface area contributed by atoms with Crippen LogP contribution in [0.3, 0.4) is 0 Å². The summed E-state index contributed by atoms with van der Waals surface area (Å²) in [5, 5.41) is 12.7. The van der Waals surface area contributed by atoms with Crippen LogP contribution in [0, 0.1) is 11.6 Å². The summed E-state index contributed by atoms with van der Waals surface area (Å²) in [6.07, 6.45) is -0.440. The van der Waals surface area contributed by atoms with Crippen molar-refractivity contribution in [1.82, 2.24) is 5.32 Å². The number of nitrogens with zero attached hydrogens (tertiary/aromatic N) is 1. The first-order valence-electron chi connectivity index (χ1n) is 11.7. The maximum absolute atomic E-state index is 16.0. The molecule has 0 radical (unpaired) electrons. The molecule has 2 atom stereocenters. The number of fused-ring (bicyclic) bond motifs is 3. The maximum Gasteiger partial charge on any atom is 0.249 e. The lowest BCUT2D eigenvalue weighted by molar-refractivity contribution is 0.0999. The Hall–Kier alpha value is -3.20. The molecule has 36 heavy (non-hydrogen) atoms. The second-order valence-corrected chi connectivity index (χ2v) is 9.65.